The number of benzene rings is 2. The first-order valence-corrected chi connectivity index (χ1v) is 11.0. The van der Waals surface area contributed by atoms with Crippen molar-refractivity contribution in [2.75, 3.05) is 0 Å². The third-order valence-electron chi connectivity index (χ3n) is 6.17. The van der Waals surface area contributed by atoms with E-state index in [1.54, 1.807) is 36.9 Å². The Kier molecular flexibility index (Phi) is 6.91. The average Bonchev–Trinajstić information content (AvgIpc) is 2.88. The Morgan fingerprint density at radius 3 is 1.85 bits per heavy atom. The van der Waals surface area contributed by atoms with E-state index < -0.39 is 23.3 Å². The van der Waals surface area contributed by atoms with Crippen molar-refractivity contribution < 1.29 is 9.90 Å². The van der Waals surface area contributed by atoms with Gasteiger partial charge in [-0.3, -0.25) is 14.8 Å². The van der Waals surface area contributed by atoms with Crippen LogP contribution in [0.1, 0.15) is 34.6 Å². The molecule has 0 saturated heterocycles. The largest absolute Gasteiger partial charge is 0.380 e. The molecule has 2 heterocycles. The molecule has 4 aromatic rings. The SMILES string of the molecule is NC(=O)C(CCc1ccccc1)[C@H](c1ccccc1)C(O)(c1cccnc1)c1cccnc1. The number of primary amides is 1. The molecule has 1 unspecified atom stereocenters. The topological polar surface area (TPSA) is 89.1 Å². The zero-order chi connectivity index (χ0) is 23.1. The summed E-state index contributed by atoms with van der Waals surface area (Å²) in [7, 11) is 0. The zero-order valence-electron chi connectivity index (χ0n) is 18.3. The second-order valence-corrected chi connectivity index (χ2v) is 8.17. The van der Waals surface area contributed by atoms with Crippen molar-refractivity contribution in [2.24, 2.45) is 11.7 Å². The van der Waals surface area contributed by atoms with E-state index in [1.165, 1.54) is 0 Å². The number of carbonyl (C=O) groups excluding carboxylic acids is 1. The van der Waals surface area contributed by atoms with Gasteiger partial charge in [-0.15, -0.1) is 0 Å². The summed E-state index contributed by atoms with van der Waals surface area (Å²) in [6.07, 6.45) is 7.74. The summed E-state index contributed by atoms with van der Waals surface area (Å²) >= 11 is 0. The molecule has 2 aromatic heterocycles. The van der Waals surface area contributed by atoms with Crippen LogP contribution in [0, 0.1) is 5.92 Å². The first-order chi connectivity index (χ1) is 16.1. The minimum atomic E-state index is -1.57. The molecule has 0 aliphatic heterocycles. The lowest BCUT2D eigenvalue weighted by Crippen LogP contribution is -2.43. The summed E-state index contributed by atoms with van der Waals surface area (Å²) < 4.78 is 0. The van der Waals surface area contributed by atoms with Crippen LogP contribution in [-0.2, 0) is 16.8 Å². The Hall–Kier alpha value is -3.83. The molecule has 0 aliphatic rings. The van der Waals surface area contributed by atoms with Gasteiger partial charge in [0.1, 0.15) is 5.60 Å². The second kappa shape index (κ2) is 10.2. The van der Waals surface area contributed by atoms with Crippen molar-refractivity contribution in [3.8, 4) is 0 Å². The average molecular weight is 438 g/mol. The molecule has 5 heteroatoms. The highest BCUT2D eigenvalue weighted by atomic mass is 16.3. The van der Waals surface area contributed by atoms with Crippen LogP contribution in [0.25, 0.3) is 0 Å². The van der Waals surface area contributed by atoms with Gasteiger partial charge in [0.25, 0.3) is 0 Å². The van der Waals surface area contributed by atoms with Gasteiger partial charge in [-0.25, -0.2) is 0 Å². The van der Waals surface area contributed by atoms with Gasteiger partial charge >= 0.3 is 0 Å². The molecule has 1 amide bonds. The lowest BCUT2D eigenvalue weighted by molar-refractivity contribution is -0.125. The molecule has 0 spiro atoms. The van der Waals surface area contributed by atoms with Gasteiger partial charge in [-0.05, 0) is 36.1 Å². The van der Waals surface area contributed by atoms with Crippen LogP contribution >= 0.6 is 0 Å². The molecular formula is C28H27N3O2. The highest BCUT2D eigenvalue weighted by Gasteiger charge is 2.47. The van der Waals surface area contributed by atoms with E-state index in [4.69, 9.17) is 5.73 Å². The first-order valence-electron chi connectivity index (χ1n) is 11.0. The molecular weight excluding hydrogens is 410 g/mol. The van der Waals surface area contributed by atoms with Crippen LogP contribution in [-0.4, -0.2) is 21.0 Å². The maximum Gasteiger partial charge on any atom is 0.221 e. The Balaban J connectivity index is 1.87. The number of hydrogen-bond donors (Lipinski definition) is 2. The molecule has 0 fully saturated rings. The molecule has 2 aromatic carbocycles. The fraction of sp³-hybridized carbons (Fsp3) is 0.179. The van der Waals surface area contributed by atoms with Crippen molar-refractivity contribution in [1.82, 2.24) is 9.97 Å². The summed E-state index contributed by atoms with van der Waals surface area (Å²) in [6, 6.07) is 26.8. The van der Waals surface area contributed by atoms with Crippen molar-refractivity contribution in [3.63, 3.8) is 0 Å². The fourth-order valence-corrected chi connectivity index (χ4v) is 4.57. The van der Waals surface area contributed by atoms with Crippen molar-refractivity contribution in [2.45, 2.75) is 24.4 Å². The van der Waals surface area contributed by atoms with Gasteiger partial charge in [-0.1, -0.05) is 72.8 Å². The zero-order valence-corrected chi connectivity index (χ0v) is 18.3. The van der Waals surface area contributed by atoms with E-state index >= 15 is 0 Å². The van der Waals surface area contributed by atoms with E-state index in [2.05, 4.69) is 9.97 Å². The normalized spacial score (nSPS) is 13.2. The molecule has 5 nitrogen and oxygen atoms in total. The standard InChI is InChI=1S/C28H27N3O2/c29-27(32)25(16-15-21-9-3-1-4-10-21)26(22-11-5-2-6-12-22)28(33,23-13-7-17-30-19-23)24-14-8-18-31-20-24/h1-14,17-20,25-26,33H,15-16H2,(H2,29,32)/t25?,26-/m0/s1. The summed E-state index contributed by atoms with van der Waals surface area (Å²) in [4.78, 5) is 21.4. The van der Waals surface area contributed by atoms with E-state index in [-0.39, 0.29) is 0 Å². The monoisotopic (exact) mass is 437 g/mol. The minimum absolute atomic E-state index is 0.453. The number of pyridine rings is 2. The smallest absolute Gasteiger partial charge is 0.221 e. The van der Waals surface area contributed by atoms with Crippen molar-refractivity contribution in [1.29, 1.82) is 0 Å². The van der Waals surface area contributed by atoms with Crippen LogP contribution in [0.3, 0.4) is 0 Å². The predicted molar refractivity (Wildman–Crippen MR) is 128 cm³/mol. The van der Waals surface area contributed by atoms with Gasteiger partial charge in [0.2, 0.25) is 5.91 Å². The molecule has 33 heavy (non-hydrogen) atoms. The summed E-state index contributed by atoms with van der Waals surface area (Å²) in [6.45, 7) is 0. The number of hydrogen-bond acceptors (Lipinski definition) is 4. The van der Waals surface area contributed by atoms with E-state index in [9.17, 15) is 9.90 Å². The third kappa shape index (κ3) is 4.83. The van der Waals surface area contributed by atoms with Crippen molar-refractivity contribution in [3.05, 3.63) is 132 Å². The molecule has 4 rings (SSSR count). The van der Waals surface area contributed by atoms with Crippen LogP contribution in [0.5, 0.6) is 0 Å². The molecule has 2 atom stereocenters. The number of nitrogens with zero attached hydrogens (tertiary/aromatic N) is 2. The number of rotatable bonds is 9. The lowest BCUT2D eigenvalue weighted by atomic mass is 9.66. The van der Waals surface area contributed by atoms with Gasteiger partial charge in [-0.2, -0.15) is 0 Å². The van der Waals surface area contributed by atoms with E-state index in [0.717, 1.165) is 11.1 Å². The lowest BCUT2D eigenvalue weighted by Gasteiger charge is -2.40. The molecule has 0 radical (unpaired) electrons. The van der Waals surface area contributed by atoms with Gasteiger partial charge in [0.15, 0.2) is 0 Å². The third-order valence-corrected chi connectivity index (χ3v) is 6.17. The van der Waals surface area contributed by atoms with Gasteiger partial charge in [0.05, 0.1) is 0 Å². The van der Waals surface area contributed by atoms with Gasteiger partial charge in [0, 0.05) is 47.8 Å². The minimum Gasteiger partial charge on any atom is -0.380 e. The summed E-state index contributed by atoms with van der Waals surface area (Å²) in [5.74, 6) is -1.74. The molecule has 0 aliphatic carbocycles. The number of nitrogens with two attached hydrogens (primary N) is 1. The molecule has 0 bridgehead atoms. The van der Waals surface area contributed by atoms with E-state index in [0.29, 0.717) is 24.0 Å². The number of aryl methyl sites for hydroxylation is 1. The first kappa shape index (κ1) is 22.4. The Morgan fingerprint density at radius 2 is 1.36 bits per heavy atom. The maximum absolute atomic E-state index is 12.9. The number of aliphatic hydroxyl groups is 1. The molecule has 0 saturated carbocycles. The van der Waals surface area contributed by atoms with Crippen LogP contribution in [0.2, 0.25) is 0 Å². The second-order valence-electron chi connectivity index (χ2n) is 8.17. The highest BCUT2D eigenvalue weighted by molar-refractivity contribution is 5.78. The summed E-state index contributed by atoms with van der Waals surface area (Å²) in [5, 5.41) is 12.5. The number of amides is 1. The molecule has 166 valence electrons. The quantitative estimate of drug-likeness (QED) is 0.410. The maximum atomic E-state index is 12.9. The summed E-state index contributed by atoms with van der Waals surface area (Å²) in [5.41, 5.74) is 7.54. The Bertz CT molecular complexity index is 1110. The van der Waals surface area contributed by atoms with Gasteiger partial charge < -0.3 is 10.8 Å². The number of carbonyl (C=O) groups is 1. The predicted octanol–water partition coefficient (Wildman–Crippen LogP) is 4.23. The van der Waals surface area contributed by atoms with Crippen LogP contribution < -0.4 is 5.73 Å². The van der Waals surface area contributed by atoms with Crippen LogP contribution in [0.4, 0.5) is 0 Å². The number of aromatic nitrogens is 2. The Labute approximate surface area is 194 Å². The fourth-order valence-electron chi connectivity index (χ4n) is 4.57. The molecule has 3 N–H and O–H groups in total. The Morgan fingerprint density at radius 1 is 0.818 bits per heavy atom. The van der Waals surface area contributed by atoms with Crippen LogP contribution in [0.15, 0.2) is 110 Å². The van der Waals surface area contributed by atoms with Crippen molar-refractivity contribution >= 4 is 5.91 Å². The highest BCUT2D eigenvalue weighted by Crippen LogP contribution is 2.47. The van der Waals surface area contributed by atoms with E-state index in [1.807, 2.05) is 72.8 Å².